The lowest BCUT2D eigenvalue weighted by Gasteiger charge is -1.95. The van der Waals surface area contributed by atoms with Gasteiger partial charge in [-0.2, -0.15) is 0 Å². The highest BCUT2D eigenvalue weighted by Gasteiger charge is 1.98. The van der Waals surface area contributed by atoms with Crippen LogP contribution in [0, 0.1) is 0 Å². The monoisotopic (exact) mass is 138 g/mol. The van der Waals surface area contributed by atoms with Crippen molar-refractivity contribution in [2.75, 3.05) is 7.05 Å². The largest absolute Gasteiger partial charge is 0.355 e. The van der Waals surface area contributed by atoms with Crippen LogP contribution in [0.15, 0.2) is 24.5 Å². The zero-order chi connectivity index (χ0) is 8.27. The minimum atomic E-state index is -0.275. The highest BCUT2D eigenvalue weighted by atomic mass is 16.1. The van der Waals surface area contributed by atoms with Crippen molar-refractivity contribution >= 4 is 5.91 Å². The molecule has 1 aromatic heterocycles. The molecule has 0 atom stereocenters. The average molecular weight is 138 g/mol. The first-order chi connectivity index (χ1) is 5.25. The number of hydrogen-bond donors (Lipinski definition) is 1. The van der Waals surface area contributed by atoms with Crippen LogP contribution in [0.2, 0.25) is 0 Å². The van der Waals surface area contributed by atoms with Gasteiger partial charge in [-0.05, 0) is 12.1 Å². The lowest BCUT2D eigenvalue weighted by Crippen LogP contribution is -2.17. The number of amides is 1. The van der Waals surface area contributed by atoms with Crippen molar-refractivity contribution in [1.82, 2.24) is 10.3 Å². The van der Waals surface area contributed by atoms with Crippen LogP contribution in [0.5, 0.6) is 0 Å². The standard InChI is InChI=1S/C7H8N2O/c1-8-7(10)6-3-2-4-9-5-6/h2-5H,1H3,(H,8,10)/i5T. The number of rotatable bonds is 1. The number of nitrogens with zero attached hydrogens (tertiary/aromatic N) is 1. The molecule has 3 nitrogen and oxygen atoms in total. The number of aromatic nitrogens is 1. The molecule has 1 rings (SSSR count). The Morgan fingerprint density at radius 3 is 3.30 bits per heavy atom. The van der Waals surface area contributed by atoms with Crippen LogP contribution in [0.3, 0.4) is 0 Å². The zero-order valence-corrected chi connectivity index (χ0v) is 5.59. The first kappa shape index (κ1) is 5.41. The van der Waals surface area contributed by atoms with Crippen LogP contribution >= 0.6 is 0 Å². The van der Waals surface area contributed by atoms with E-state index in [1.54, 1.807) is 12.1 Å². The third kappa shape index (κ3) is 1.31. The van der Waals surface area contributed by atoms with Gasteiger partial charge in [0.15, 0.2) is 0 Å². The van der Waals surface area contributed by atoms with Gasteiger partial charge in [0.2, 0.25) is 0 Å². The molecule has 0 saturated carbocycles. The lowest BCUT2D eigenvalue weighted by atomic mass is 10.3. The molecular formula is C7H8N2O. The quantitative estimate of drug-likeness (QED) is 0.611. The van der Waals surface area contributed by atoms with E-state index in [1.165, 1.54) is 13.2 Å². The SMILES string of the molecule is [3H]c1ncccc1C(=O)NC. The first-order valence-corrected chi connectivity index (χ1v) is 2.89. The van der Waals surface area contributed by atoms with Gasteiger partial charge in [-0.25, -0.2) is 0 Å². The van der Waals surface area contributed by atoms with E-state index >= 15 is 0 Å². The van der Waals surface area contributed by atoms with E-state index in [4.69, 9.17) is 1.37 Å². The number of carbonyl (C=O) groups is 1. The maximum atomic E-state index is 11.0. The van der Waals surface area contributed by atoms with Crippen molar-refractivity contribution in [2.24, 2.45) is 0 Å². The van der Waals surface area contributed by atoms with E-state index < -0.39 is 0 Å². The van der Waals surface area contributed by atoms with Crippen molar-refractivity contribution in [1.29, 1.82) is 0 Å². The molecule has 0 aromatic carbocycles. The molecule has 3 heteroatoms. The smallest absolute Gasteiger partial charge is 0.252 e. The summed E-state index contributed by atoms with van der Waals surface area (Å²) in [6.07, 6.45) is 1.49. The van der Waals surface area contributed by atoms with Gasteiger partial charge in [-0.15, -0.1) is 0 Å². The molecule has 0 radical (unpaired) electrons. The van der Waals surface area contributed by atoms with Gasteiger partial charge in [0, 0.05) is 19.4 Å². The Kier molecular flexibility index (Phi) is 1.60. The second-order valence-corrected chi connectivity index (χ2v) is 1.74. The summed E-state index contributed by atoms with van der Waals surface area (Å²) >= 11 is 0. The summed E-state index contributed by atoms with van der Waals surface area (Å²) in [5.74, 6) is -0.275. The Hall–Kier alpha value is -1.38. The van der Waals surface area contributed by atoms with Crippen LogP contribution in [-0.2, 0) is 0 Å². The summed E-state index contributed by atoms with van der Waals surface area (Å²) in [7, 11) is 1.52. The maximum Gasteiger partial charge on any atom is 0.252 e. The number of hydrogen-bond acceptors (Lipinski definition) is 2. The Labute approximate surface area is 60.5 Å². The molecule has 10 heavy (non-hydrogen) atoms. The van der Waals surface area contributed by atoms with Crippen LogP contribution in [0.1, 0.15) is 11.7 Å². The first-order valence-electron chi connectivity index (χ1n) is 3.39. The molecular weight excluding hydrogens is 128 g/mol. The number of pyridine rings is 1. The summed E-state index contributed by atoms with van der Waals surface area (Å²) < 4.78 is 7.23. The third-order valence-corrected chi connectivity index (χ3v) is 1.08. The normalized spacial score (nSPS) is 10.3. The summed E-state index contributed by atoms with van der Waals surface area (Å²) in [6, 6.07) is 3.19. The van der Waals surface area contributed by atoms with Gasteiger partial charge in [0.25, 0.3) is 5.91 Å². The molecule has 1 N–H and O–H groups in total. The molecule has 1 aromatic rings. The summed E-state index contributed by atoms with van der Waals surface area (Å²) in [4.78, 5) is 14.6. The Balaban J connectivity index is 3.03. The van der Waals surface area contributed by atoms with Crippen molar-refractivity contribution < 1.29 is 6.17 Å². The highest BCUT2D eigenvalue weighted by molar-refractivity contribution is 5.93. The molecule has 1 heterocycles. The van der Waals surface area contributed by atoms with Crippen LogP contribution in [-0.4, -0.2) is 17.9 Å². The fourth-order valence-corrected chi connectivity index (χ4v) is 0.587. The molecule has 0 aliphatic heterocycles. The van der Waals surface area contributed by atoms with Gasteiger partial charge >= 0.3 is 0 Å². The molecule has 52 valence electrons. The van der Waals surface area contributed by atoms with Gasteiger partial charge in [0.1, 0.15) is 0 Å². The Morgan fingerprint density at radius 2 is 2.70 bits per heavy atom. The van der Waals surface area contributed by atoms with E-state index in [2.05, 4.69) is 10.3 Å². The molecule has 0 fully saturated rings. The van der Waals surface area contributed by atoms with Gasteiger partial charge < -0.3 is 5.32 Å². The molecule has 0 aliphatic rings. The van der Waals surface area contributed by atoms with Crippen LogP contribution in [0.25, 0.3) is 0 Å². The average Bonchev–Trinajstić information content (AvgIpc) is 2.04. The minimum absolute atomic E-state index is 0.00634. The topological polar surface area (TPSA) is 42.0 Å². The molecule has 0 aliphatic carbocycles. The van der Waals surface area contributed by atoms with Crippen LogP contribution < -0.4 is 5.32 Å². The fraction of sp³-hybridized carbons (Fsp3) is 0.143. The van der Waals surface area contributed by atoms with Gasteiger partial charge in [0.05, 0.1) is 6.93 Å². The molecule has 1 amide bonds. The van der Waals surface area contributed by atoms with Crippen LogP contribution in [0.4, 0.5) is 0 Å². The van der Waals surface area contributed by atoms with E-state index in [9.17, 15) is 4.79 Å². The van der Waals surface area contributed by atoms with E-state index in [-0.39, 0.29) is 12.1 Å². The Bertz CT molecular complexity index is 275. The molecule has 0 spiro atoms. The van der Waals surface area contributed by atoms with Crippen molar-refractivity contribution in [3.63, 3.8) is 0 Å². The molecule has 0 unspecified atom stereocenters. The zero-order valence-electron chi connectivity index (χ0n) is 6.59. The fourth-order valence-electron chi connectivity index (χ4n) is 0.587. The number of nitrogens with one attached hydrogen (secondary N) is 1. The highest BCUT2D eigenvalue weighted by Crippen LogP contribution is 1.93. The van der Waals surface area contributed by atoms with Crippen molar-refractivity contribution in [2.45, 2.75) is 0 Å². The predicted octanol–water partition coefficient (Wildman–Crippen LogP) is 0.441. The Morgan fingerprint density at radius 1 is 1.90 bits per heavy atom. The third-order valence-electron chi connectivity index (χ3n) is 1.08. The van der Waals surface area contributed by atoms with Gasteiger partial charge in [-0.3, -0.25) is 9.78 Å². The minimum Gasteiger partial charge on any atom is -0.355 e. The summed E-state index contributed by atoms with van der Waals surface area (Å²) in [5, 5.41) is 2.42. The van der Waals surface area contributed by atoms with Gasteiger partial charge in [-0.1, -0.05) is 0 Å². The molecule has 0 bridgehead atoms. The van der Waals surface area contributed by atoms with Crippen molar-refractivity contribution in [3.8, 4) is 0 Å². The second-order valence-electron chi connectivity index (χ2n) is 1.74. The summed E-state index contributed by atoms with van der Waals surface area (Å²) in [6.45, 7) is 0. The maximum absolute atomic E-state index is 11.0. The lowest BCUT2D eigenvalue weighted by molar-refractivity contribution is 0.0963. The second kappa shape index (κ2) is 2.96. The summed E-state index contributed by atoms with van der Waals surface area (Å²) in [5.41, 5.74) is 0.301. The van der Waals surface area contributed by atoms with E-state index in [0.29, 0.717) is 5.56 Å². The van der Waals surface area contributed by atoms with Crippen molar-refractivity contribution in [3.05, 3.63) is 30.1 Å². The van der Waals surface area contributed by atoms with E-state index in [1.807, 2.05) is 0 Å². The predicted molar refractivity (Wildman–Crippen MR) is 37.6 cm³/mol. The number of carbonyl (C=O) groups excluding carboxylic acids is 1. The van der Waals surface area contributed by atoms with E-state index in [0.717, 1.165) is 0 Å². The molecule has 0 saturated heterocycles.